The van der Waals surface area contributed by atoms with Crippen molar-refractivity contribution in [2.75, 3.05) is 0 Å². The molecule has 0 fully saturated rings. The lowest BCUT2D eigenvalue weighted by Crippen LogP contribution is -2.31. The fraction of sp³-hybridized carbons (Fsp3) is 0.175. The number of aryl methyl sites for hydroxylation is 1. The van der Waals surface area contributed by atoms with Gasteiger partial charge in [0.2, 0.25) is 0 Å². The van der Waals surface area contributed by atoms with Gasteiger partial charge in [-0.05, 0) is 117 Å². The van der Waals surface area contributed by atoms with Gasteiger partial charge in [-0.15, -0.1) is 0 Å². The second-order valence-corrected chi connectivity index (χ2v) is 14.7. The first-order valence-electron chi connectivity index (χ1n) is 23.5. The summed E-state index contributed by atoms with van der Waals surface area (Å²) in [5.41, 5.74) is 22.1. The molecule has 0 aliphatic heterocycles. The summed E-state index contributed by atoms with van der Waals surface area (Å²) in [6, 6.07) is 46.0. The van der Waals surface area contributed by atoms with E-state index in [-0.39, 0.29) is 5.41 Å². The largest absolute Gasteiger partial charge is 0.405 e. The van der Waals surface area contributed by atoms with E-state index >= 15 is 0 Å². The van der Waals surface area contributed by atoms with Gasteiger partial charge >= 0.3 is 0 Å². The van der Waals surface area contributed by atoms with Crippen LogP contribution in [0.15, 0.2) is 254 Å². The molecule has 2 bridgehead atoms. The molecule has 1 spiro atoms. The van der Waals surface area contributed by atoms with Gasteiger partial charge in [-0.3, -0.25) is 11.7 Å². The minimum absolute atomic E-state index is 0.289. The number of hydrogen-bond acceptors (Lipinski definition) is 3. The third-order valence-electron chi connectivity index (χ3n) is 10.9. The Kier molecular flexibility index (Phi) is 24.4. The van der Waals surface area contributed by atoms with Gasteiger partial charge in [0.25, 0.3) is 0 Å². The van der Waals surface area contributed by atoms with Gasteiger partial charge in [-0.25, -0.2) is 0 Å². The third kappa shape index (κ3) is 14.0. The molecule has 5 aromatic carbocycles. The Hall–Kier alpha value is -7.04. The molecule has 4 aliphatic rings. The number of fused-ring (bicyclic) bond motifs is 2. The molecular formula is C63H73N3. The van der Waals surface area contributed by atoms with Crippen LogP contribution in [0.2, 0.25) is 0 Å². The predicted molar refractivity (Wildman–Crippen MR) is 293 cm³/mol. The number of allylic oxidation sites excluding steroid dienone is 20. The quantitative estimate of drug-likeness (QED) is 0.0903. The number of benzene rings is 5. The summed E-state index contributed by atoms with van der Waals surface area (Å²) in [5, 5.41) is 0. The maximum atomic E-state index is 5.00. The van der Waals surface area contributed by atoms with Crippen LogP contribution in [0.1, 0.15) is 82.2 Å². The van der Waals surface area contributed by atoms with E-state index in [0.717, 1.165) is 19.3 Å². The highest BCUT2D eigenvalue weighted by molar-refractivity contribution is 5.93. The zero-order valence-corrected chi connectivity index (χ0v) is 40.5. The van der Waals surface area contributed by atoms with Crippen LogP contribution in [0.3, 0.4) is 0 Å². The molecule has 3 nitrogen and oxygen atoms in total. The summed E-state index contributed by atoms with van der Waals surface area (Å²) in [7, 11) is 0. The van der Waals surface area contributed by atoms with Crippen LogP contribution >= 0.6 is 0 Å². The molecule has 0 aromatic heterocycles. The summed E-state index contributed by atoms with van der Waals surface area (Å²) < 4.78 is 0. The van der Waals surface area contributed by atoms with Crippen molar-refractivity contribution < 1.29 is 0 Å². The first-order valence-corrected chi connectivity index (χ1v) is 23.5. The van der Waals surface area contributed by atoms with E-state index in [1.54, 1.807) is 12.2 Å². The lowest BCUT2D eigenvalue weighted by Gasteiger charge is -2.38. The Morgan fingerprint density at radius 2 is 1.08 bits per heavy atom. The second kappa shape index (κ2) is 30.2. The van der Waals surface area contributed by atoms with Crippen LogP contribution in [0.25, 0.3) is 27.8 Å². The minimum Gasteiger partial charge on any atom is -0.405 e. The van der Waals surface area contributed by atoms with Crippen LogP contribution < -0.4 is 17.4 Å². The van der Waals surface area contributed by atoms with Gasteiger partial charge in [0.05, 0.1) is 5.41 Å². The number of hydrogen-bond donors (Lipinski definition) is 3. The first-order chi connectivity index (χ1) is 32.6. The van der Waals surface area contributed by atoms with E-state index in [1.165, 1.54) is 78.6 Å². The highest BCUT2D eigenvalue weighted by atomic mass is 15.0. The van der Waals surface area contributed by atoms with Crippen LogP contribution in [0.5, 0.6) is 0 Å². The zero-order valence-electron chi connectivity index (χ0n) is 40.5. The molecule has 3 heteroatoms. The predicted octanol–water partition coefficient (Wildman–Crippen LogP) is 16.2. The van der Waals surface area contributed by atoms with E-state index in [9.17, 15) is 0 Å². The molecule has 0 radical (unpaired) electrons. The Morgan fingerprint density at radius 3 is 1.62 bits per heavy atom. The van der Waals surface area contributed by atoms with E-state index in [4.69, 9.17) is 5.73 Å². The molecule has 0 atom stereocenters. The van der Waals surface area contributed by atoms with Crippen molar-refractivity contribution in [3.63, 3.8) is 0 Å². The molecule has 6 N–H and O–H groups in total. The van der Waals surface area contributed by atoms with Crippen molar-refractivity contribution >= 4 is 5.57 Å². The first kappa shape index (κ1) is 53.3. The Balaban J connectivity index is 0.000000340. The second-order valence-electron chi connectivity index (χ2n) is 14.7. The van der Waals surface area contributed by atoms with Crippen LogP contribution in [-0.4, -0.2) is 0 Å². The van der Waals surface area contributed by atoms with Crippen molar-refractivity contribution in [3.05, 3.63) is 282 Å². The smallest absolute Gasteiger partial charge is 0.0676 e. The summed E-state index contributed by atoms with van der Waals surface area (Å²) >= 11 is 0. The van der Waals surface area contributed by atoms with Crippen molar-refractivity contribution in [2.24, 2.45) is 17.4 Å². The topological polar surface area (TPSA) is 78.1 Å². The number of hydrazine groups is 1. The molecule has 0 unspecified atom stereocenters. The molecule has 0 amide bonds. The van der Waals surface area contributed by atoms with Gasteiger partial charge < -0.3 is 5.73 Å². The molecule has 66 heavy (non-hydrogen) atoms. The molecule has 0 heterocycles. The molecule has 340 valence electrons. The summed E-state index contributed by atoms with van der Waals surface area (Å²) in [5.74, 6) is 8.00. The average Bonchev–Trinajstić information content (AvgIpc) is 3.68. The normalized spacial score (nSPS) is 19.0. The average molecular weight is 872 g/mol. The molecular weight excluding hydrogens is 799 g/mol. The molecule has 0 saturated heterocycles. The number of nitrogens with two attached hydrogens (primary N) is 3. The zero-order chi connectivity index (χ0) is 48.0. The van der Waals surface area contributed by atoms with E-state index in [1.807, 2.05) is 53.7 Å². The third-order valence-corrected chi connectivity index (χ3v) is 10.9. The van der Waals surface area contributed by atoms with E-state index < -0.39 is 0 Å². The molecule has 9 rings (SSSR count). The highest BCUT2D eigenvalue weighted by Crippen LogP contribution is 2.59. The maximum absolute atomic E-state index is 5.00. The fourth-order valence-electron chi connectivity index (χ4n) is 8.20. The standard InChI is InChI=1S/C38H30.C13H12.C6H9N.3C2H6.H4N2/c1-27-19-21-28(22-20-27)29-11-10-12-30(25-29)31-23-24-35-34-17-8-9-18-36(34)38(37(35)26-31)32-13-4-2-5-14-33(38)16-7-3-6-15-32;1-3-7-12(8-4-1)11-13-9-5-2-6-10-13;1-2-3-4-5-6-7;4*1-2/h2-8,10-17,19-26H,9,18H2,1H3;1-10H,11H2;2-6H,1,7H2;3*1-2H3;1-2H2/b4-2-,5-2?,6-3?,7-3-,13-4?,14-5-,15-6-,16-7?,32-13-,32-15?,33-14?,33-16-;;4-3-,6-5-;;;;. The van der Waals surface area contributed by atoms with Gasteiger partial charge in [-0.1, -0.05) is 260 Å². The van der Waals surface area contributed by atoms with Crippen molar-refractivity contribution in [2.45, 2.75) is 73.1 Å². The van der Waals surface area contributed by atoms with E-state index in [2.05, 4.69) is 225 Å². The summed E-state index contributed by atoms with van der Waals surface area (Å²) in [6.45, 7) is 17.6. The maximum Gasteiger partial charge on any atom is 0.0676 e. The summed E-state index contributed by atoms with van der Waals surface area (Å²) in [6.07, 6.45) is 38.7. The van der Waals surface area contributed by atoms with Gasteiger partial charge in [-0.2, -0.15) is 0 Å². The van der Waals surface area contributed by atoms with Gasteiger partial charge in [0, 0.05) is 0 Å². The van der Waals surface area contributed by atoms with Gasteiger partial charge in [0.1, 0.15) is 0 Å². The Morgan fingerprint density at radius 1 is 0.545 bits per heavy atom. The fourth-order valence-corrected chi connectivity index (χ4v) is 8.20. The van der Waals surface area contributed by atoms with E-state index in [0.29, 0.717) is 0 Å². The van der Waals surface area contributed by atoms with Crippen LogP contribution in [0.4, 0.5) is 0 Å². The lowest BCUT2D eigenvalue weighted by atomic mass is 9.63. The Labute approximate surface area is 398 Å². The van der Waals surface area contributed by atoms with Crippen molar-refractivity contribution in [1.29, 1.82) is 0 Å². The Bertz CT molecular complexity index is 2460. The SMILES string of the molecule is C=C/C=C\C=C/N.CC.CC.CC.Cc1ccc(-c2cccc(-c3ccc4c(c3)C3(C5=C4C=CCC5)C4=C\C=C/C=C\C3=C\C=C/C=C\4)c2)cc1.NN.c1ccc(Cc2ccccc2)cc1. The lowest BCUT2D eigenvalue weighted by molar-refractivity contribution is 0.693. The van der Waals surface area contributed by atoms with Crippen LogP contribution in [0, 0.1) is 6.92 Å². The molecule has 5 aromatic rings. The monoisotopic (exact) mass is 872 g/mol. The minimum atomic E-state index is -0.289. The molecule has 4 aliphatic carbocycles. The number of rotatable bonds is 6. The van der Waals surface area contributed by atoms with Gasteiger partial charge in [0.15, 0.2) is 0 Å². The summed E-state index contributed by atoms with van der Waals surface area (Å²) in [4.78, 5) is 0. The molecule has 0 saturated carbocycles. The van der Waals surface area contributed by atoms with Crippen molar-refractivity contribution in [3.8, 4) is 22.3 Å². The van der Waals surface area contributed by atoms with Crippen molar-refractivity contribution in [1.82, 2.24) is 0 Å². The highest BCUT2D eigenvalue weighted by Gasteiger charge is 2.48. The van der Waals surface area contributed by atoms with Crippen LogP contribution in [-0.2, 0) is 11.8 Å².